The monoisotopic (exact) mass is 195 g/mol. The van der Waals surface area contributed by atoms with E-state index in [1.165, 1.54) is 19.3 Å². The first kappa shape index (κ1) is 9.56. The summed E-state index contributed by atoms with van der Waals surface area (Å²) in [5.41, 5.74) is 0. The zero-order valence-corrected chi connectivity index (χ0v) is 8.45. The third-order valence-corrected chi connectivity index (χ3v) is 3.14. The number of amides is 1. The molecule has 0 aromatic carbocycles. The summed E-state index contributed by atoms with van der Waals surface area (Å²) in [6.07, 6.45) is 7.54. The molecule has 0 spiro atoms. The second kappa shape index (κ2) is 4.03. The van der Waals surface area contributed by atoms with E-state index in [2.05, 4.69) is 6.58 Å². The lowest BCUT2D eigenvalue weighted by Gasteiger charge is -2.28. The van der Waals surface area contributed by atoms with Gasteiger partial charge in [0.1, 0.15) is 6.10 Å². The molecule has 3 heteroatoms. The van der Waals surface area contributed by atoms with Gasteiger partial charge in [-0.05, 0) is 18.9 Å². The zero-order valence-electron chi connectivity index (χ0n) is 8.45. The highest BCUT2D eigenvalue weighted by Crippen LogP contribution is 2.26. The first-order valence-electron chi connectivity index (χ1n) is 5.41. The molecule has 0 aromatic rings. The Labute approximate surface area is 84.7 Å². The predicted molar refractivity (Wildman–Crippen MR) is 54.0 cm³/mol. The topological polar surface area (TPSA) is 29.5 Å². The molecule has 1 unspecified atom stereocenters. The molecule has 78 valence electrons. The van der Waals surface area contributed by atoms with Crippen molar-refractivity contribution in [1.82, 2.24) is 4.90 Å². The first-order chi connectivity index (χ1) is 6.81. The van der Waals surface area contributed by atoms with Crippen molar-refractivity contribution in [3.8, 4) is 0 Å². The quantitative estimate of drug-likeness (QED) is 0.633. The van der Waals surface area contributed by atoms with Crippen molar-refractivity contribution in [2.45, 2.75) is 44.2 Å². The normalized spacial score (nSPS) is 29.0. The minimum Gasteiger partial charge on any atom is -0.440 e. The lowest BCUT2D eigenvalue weighted by atomic mass is 9.94. The summed E-state index contributed by atoms with van der Waals surface area (Å²) in [6, 6.07) is 0.418. The Balaban J connectivity index is 1.96. The fourth-order valence-electron chi connectivity index (χ4n) is 2.32. The van der Waals surface area contributed by atoms with Crippen LogP contribution in [0.15, 0.2) is 12.7 Å². The van der Waals surface area contributed by atoms with Crippen LogP contribution in [0.25, 0.3) is 0 Å². The average molecular weight is 195 g/mol. The number of nitrogens with zero attached hydrogens (tertiary/aromatic N) is 1. The summed E-state index contributed by atoms with van der Waals surface area (Å²) < 4.78 is 5.15. The number of rotatable bonds is 2. The van der Waals surface area contributed by atoms with Gasteiger partial charge in [0, 0.05) is 6.04 Å². The van der Waals surface area contributed by atoms with Crippen LogP contribution in [0.1, 0.15) is 32.1 Å². The third kappa shape index (κ3) is 1.76. The summed E-state index contributed by atoms with van der Waals surface area (Å²) in [7, 11) is 0. The molecule has 1 heterocycles. The summed E-state index contributed by atoms with van der Waals surface area (Å²) in [5, 5.41) is 0. The number of carbonyl (C=O) groups excluding carboxylic acids is 1. The van der Waals surface area contributed by atoms with Crippen molar-refractivity contribution in [3.63, 3.8) is 0 Å². The van der Waals surface area contributed by atoms with Crippen molar-refractivity contribution in [1.29, 1.82) is 0 Å². The van der Waals surface area contributed by atoms with E-state index in [9.17, 15) is 4.79 Å². The minimum absolute atomic E-state index is 0.0931. The van der Waals surface area contributed by atoms with E-state index in [0.29, 0.717) is 12.6 Å². The van der Waals surface area contributed by atoms with Crippen LogP contribution in [0.4, 0.5) is 4.79 Å². The molecule has 1 saturated carbocycles. The van der Waals surface area contributed by atoms with Crippen molar-refractivity contribution < 1.29 is 9.53 Å². The number of hydrogen-bond donors (Lipinski definition) is 0. The van der Waals surface area contributed by atoms with Crippen molar-refractivity contribution >= 4 is 6.09 Å². The fourth-order valence-corrected chi connectivity index (χ4v) is 2.32. The highest BCUT2D eigenvalue weighted by atomic mass is 16.6. The summed E-state index contributed by atoms with van der Waals surface area (Å²) in [4.78, 5) is 13.4. The van der Waals surface area contributed by atoms with Gasteiger partial charge in [-0.15, -0.1) is 0 Å². The van der Waals surface area contributed by atoms with Gasteiger partial charge in [-0.2, -0.15) is 0 Å². The number of hydrogen-bond acceptors (Lipinski definition) is 2. The number of ether oxygens (including phenoxy) is 1. The number of cyclic esters (lactones) is 1. The molecule has 2 aliphatic rings. The molecule has 0 N–H and O–H groups in total. The van der Waals surface area contributed by atoms with Gasteiger partial charge >= 0.3 is 6.09 Å². The van der Waals surface area contributed by atoms with Crippen LogP contribution in [-0.4, -0.2) is 29.7 Å². The van der Waals surface area contributed by atoms with E-state index in [4.69, 9.17) is 4.74 Å². The van der Waals surface area contributed by atoms with Crippen LogP contribution in [0.2, 0.25) is 0 Å². The Kier molecular flexibility index (Phi) is 2.75. The zero-order chi connectivity index (χ0) is 9.97. The SMILES string of the molecule is C=CC1CN(C2CCCCC2)C(=O)O1. The molecule has 0 bridgehead atoms. The number of carbonyl (C=O) groups is 1. The van der Waals surface area contributed by atoms with E-state index >= 15 is 0 Å². The molecule has 1 aliphatic heterocycles. The molecule has 1 amide bonds. The maximum Gasteiger partial charge on any atom is 0.410 e. The van der Waals surface area contributed by atoms with E-state index in [1.54, 1.807) is 6.08 Å². The van der Waals surface area contributed by atoms with Gasteiger partial charge in [0.15, 0.2) is 0 Å². The molecule has 1 aliphatic carbocycles. The molecule has 1 saturated heterocycles. The fraction of sp³-hybridized carbons (Fsp3) is 0.727. The third-order valence-electron chi connectivity index (χ3n) is 3.14. The van der Waals surface area contributed by atoms with E-state index in [1.807, 2.05) is 4.90 Å². The van der Waals surface area contributed by atoms with Crippen molar-refractivity contribution in [2.75, 3.05) is 6.54 Å². The lowest BCUT2D eigenvalue weighted by molar-refractivity contribution is 0.132. The first-order valence-corrected chi connectivity index (χ1v) is 5.41. The van der Waals surface area contributed by atoms with E-state index < -0.39 is 0 Å². The van der Waals surface area contributed by atoms with Gasteiger partial charge in [-0.3, -0.25) is 0 Å². The highest BCUT2D eigenvalue weighted by Gasteiger charge is 2.34. The Morgan fingerprint density at radius 1 is 1.36 bits per heavy atom. The largest absolute Gasteiger partial charge is 0.440 e. The standard InChI is InChI=1S/C11H17NO2/c1-2-10-8-12(11(13)14-10)9-6-4-3-5-7-9/h2,9-10H,1,3-8H2. The molecular weight excluding hydrogens is 178 g/mol. The Hall–Kier alpha value is -0.990. The molecular formula is C11H17NO2. The van der Waals surface area contributed by atoms with Crippen LogP contribution < -0.4 is 0 Å². The average Bonchev–Trinajstić information content (AvgIpc) is 2.61. The maximum atomic E-state index is 11.5. The van der Waals surface area contributed by atoms with Crippen molar-refractivity contribution in [2.24, 2.45) is 0 Å². The van der Waals surface area contributed by atoms with Gasteiger partial charge in [0.2, 0.25) is 0 Å². The van der Waals surface area contributed by atoms with E-state index in [0.717, 1.165) is 12.8 Å². The van der Waals surface area contributed by atoms with Crippen LogP contribution in [0.5, 0.6) is 0 Å². The molecule has 2 rings (SSSR count). The molecule has 2 fully saturated rings. The molecule has 0 aromatic heterocycles. The Bertz CT molecular complexity index is 233. The second-order valence-corrected chi connectivity index (χ2v) is 4.10. The van der Waals surface area contributed by atoms with Crippen LogP contribution in [0.3, 0.4) is 0 Å². The van der Waals surface area contributed by atoms with Gasteiger partial charge < -0.3 is 9.64 Å². The highest BCUT2D eigenvalue weighted by molar-refractivity contribution is 5.70. The van der Waals surface area contributed by atoms with Gasteiger partial charge in [0.05, 0.1) is 6.54 Å². The molecule has 1 atom stereocenters. The van der Waals surface area contributed by atoms with E-state index in [-0.39, 0.29) is 12.2 Å². The van der Waals surface area contributed by atoms with Crippen LogP contribution in [0, 0.1) is 0 Å². The van der Waals surface area contributed by atoms with Crippen LogP contribution >= 0.6 is 0 Å². The summed E-state index contributed by atoms with van der Waals surface area (Å²) >= 11 is 0. The smallest absolute Gasteiger partial charge is 0.410 e. The lowest BCUT2D eigenvalue weighted by Crippen LogP contribution is -2.37. The summed E-state index contributed by atoms with van der Waals surface area (Å²) in [5.74, 6) is 0. The molecule has 3 nitrogen and oxygen atoms in total. The van der Waals surface area contributed by atoms with Gasteiger partial charge in [-0.25, -0.2) is 4.79 Å². The summed E-state index contributed by atoms with van der Waals surface area (Å²) in [6.45, 7) is 4.35. The molecule has 14 heavy (non-hydrogen) atoms. The minimum atomic E-state index is -0.151. The predicted octanol–water partition coefficient (Wildman–Crippen LogP) is 2.33. The Morgan fingerprint density at radius 3 is 2.64 bits per heavy atom. The van der Waals surface area contributed by atoms with Crippen LogP contribution in [-0.2, 0) is 4.74 Å². The molecule has 0 radical (unpaired) electrons. The second-order valence-electron chi connectivity index (χ2n) is 4.10. The maximum absolute atomic E-state index is 11.5. The van der Waals surface area contributed by atoms with Crippen molar-refractivity contribution in [3.05, 3.63) is 12.7 Å². The Morgan fingerprint density at radius 2 is 2.07 bits per heavy atom. The van der Waals surface area contributed by atoms with Gasteiger partial charge in [-0.1, -0.05) is 25.8 Å². The van der Waals surface area contributed by atoms with Gasteiger partial charge in [0.25, 0.3) is 0 Å².